The molecule has 0 spiro atoms. The zero-order valence-corrected chi connectivity index (χ0v) is 17.0. The first kappa shape index (κ1) is 15.6. The number of rotatable bonds is 7. The number of nitrogens with zero attached hydrogens (tertiary/aromatic N) is 3. The molecule has 2 aromatic carbocycles. The van der Waals surface area contributed by atoms with Crippen molar-refractivity contribution in [2.24, 2.45) is 11.8 Å². The molecule has 2 unspecified atom stereocenters. The van der Waals surface area contributed by atoms with Crippen molar-refractivity contribution in [2.75, 3.05) is 39.3 Å². The van der Waals surface area contributed by atoms with E-state index in [0.29, 0.717) is 30.3 Å². The van der Waals surface area contributed by atoms with Crippen LogP contribution in [0.5, 0.6) is 0 Å². The summed E-state index contributed by atoms with van der Waals surface area (Å²) < 4.78 is 31.8. The monoisotopic (exact) mass is 401 g/mol. The Bertz CT molecular complexity index is 988. The van der Waals surface area contributed by atoms with Crippen molar-refractivity contribution in [3.05, 3.63) is 75.2 Å². The maximum absolute atomic E-state index is 11.0. The predicted octanol–water partition coefficient (Wildman–Crippen LogP) is 3.94. The zero-order valence-electron chi connectivity index (χ0n) is 21.0. The van der Waals surface area contributed by atoms with Crippen molar-refractivity contribution >= 4 is 5.69 Å². The number of nitro benzene ring substituents is 1. The molecule has 2 aliphatic heterocycles. The van der Waals surface area contributed by atoms with Crippen LogP contribution < -0.4 is 0 Å². The molecule has 4 rings (SSSR count). The van der Waals surface area contributed by atoms with E-state index in [1.807, 2.05) is 19.1 Å². The Labute approximate surface area is 179 Å². The summed E-state index contributed by atoms with van der Waals surface area (Å²) in [7, 11) is 0. The van der Waals surface area contributed by atoms with E-state index >= 15 is 0 Å². The Morgan fingerprint density at radius 3 is 1.83 bits per heavy atom. The summed E-state index contributed by atoms with van der Waals surface area (Å²) in [6.45, 7) is 7.80. The summed E-state index contributed by atoms with van der Waals surface area (Å²) >= 11 is 0. The van der Waals surface area contributed by atoms with Crippen LogP contribution in [0.1, 0.15) is 28.6 Å². The van der Waals surface area contributed by atoms with Crippen LogP contribution in [0.2, 0.25) is 0 Å². The number of nitro groups is 1. The number of likely N-dealkylation sites (tertiary alicyclic amines) is 2. The van der Waals surface area contributed by atoms with E-state index in [2.05, 4.69) is 9.80 Å². The van der Waals surface area contributed by atoms with Gasteiger partial charge in [0, 0.05) is 51.4 Å². The summed E-state index contributed by atoms with van der Waals surface area (Å²) in [5, 5.41) is 11.0. The quantitative estimate of drug-likeness (QED) is 0.521. The molecule has 2 aromatic rings. The molecule has 154 valence electrons. The van der Waals surface area contributed by atoms with Crippen molar-refractivity contribution < 1.29 is 10.4 Å². The lowest BCUT2D eigenvalue weighted by Crippen LogP contribution is -2.53. The molecule has 2 heterocycles. The topological polar surface area (TPSA) is 49.6 Å². The molecule has 0 amide bonds. The number of benzene rings is 2. The van der Waals surface area contributed by atoms with Gasteiger partial charge >= 0.3 is 0 Å². The molecule has 0 aliphatic carbocycles. The van der Waals surface area contributed by atoms with Crippen molar-refractivity contribution in [3.63, 3.8) is 0 Å². The molecule has 29 heavy (non-hydrogen) atoms. The number of hydrogen-bond acceptors (Lipinski definition) is 4. The number of piperidine rings is 2. The summed E-state index contributed by atoms with van der Waals surface area (Å²) in [5.41, 5.74) is 2.19. The van der Waals surface area contributed by atoms with Gasteiger partial charge in [-0.1, -0.05) is 41.9 Å². The van der Waals surface area contributed by atoms with Crippen LogP contribution >= 0.6 is 0 Å². The van der Waals surface area contributed by atoms with Crippen LogP contribution in [0.15, 0.2) is 48.4 Å². The fraction of sp³-hybridized carbons (Fsp3) is 0.500. The minimum absolute atomic E-state index is 0.183. The van der Waals surface area contributed by atoms with Gasteiger partial charge in [-0.25, -0.2) is 0 Å². The molecule has 2 atom stereocenters. The van der Waals surface area contributed by atoms with E-state index in [9.17, 15) is 10.1 Å². The lowest BCUT2D eigenvalue weighted by Gasteiger charge is -2.46. The fourth-order valence-electron chi connectivity index (χ4n) is 4.72. The third-order valence-electron chi connectivity index (χ3n) is 6.08. The van der Waals surface area contributed by atoms with E-state index in [-0.39, 0.29) is 12.1 Å². The maximum Gasteiger partial charge on any atom is 0.269 e. The van der Waals surface area contributed by atoms with Crippen molar-refractivity contribution in [2.45, 2.75) is 26.2 Å². The van der Waals surface area contributed by atoms with Crippen LogP contribution in [0, 0.1) is 28.9 Å². The van der Waals surface area contributed by atoms with Gasteiger partial charge in [0.05, 0.1) is 10.4 Å². The predicted molar refractivity (Wildman–Crippen MR) is 116 cm³/mol. The standard InChI is InChI=1S/C24H31N3O2/c1-19-2-4-20(5-3-19)10-12-25-15-22-14-23(16-25)18-26(17-22)13-11-21-6-8-24(9-7-21)27(28)29/h2-9,22-23H,10-18H2,1H3/i2T,3T,8T,9T. The van der Waals surface area contributed by atoms with Gasteiger partial charge in [-0.2, -0.15) is 0 Å². The third kappa shape index (κ3) is 5.43. The van der Waals surface area contributed by atoms with Gasteiger partial charge in [0.25, 0.3) is 5.69 Å². The maximum atomic E-state index is 11.0. The van der Waals surface area contributed by atoms with Crippen LogP contribution in [-0.4, -0.2) is 54.0 Å². The molecule has 2 saturated heterocycles. The molecule has 0 radical (unpaired) electrons. The Hall–Kier alpha value is -2.24. The molecule has 5 nitrogen and oxygen atoms in total. The van der Waals surface area contributed by atoms with Gasteiger partial charge in [0.2, 0.25) is 0 Å². The Morgan fingerprint density at radius 1 is 0.931 bits per heavy atom. The lowest BCUT2D eigenvalue weighted by molar-refractivity contribution is -0.384. The minimum Gasteiger partial charge on any atom is -0.302 e. The first-order valence-corrected chi connectivity index (χ1v) is 10.5. The molecule has 2 bridgehead atoms. The summed E-state index contributed by atoms with van der Waals surface area (Å²) in [6, 6.07) is 7.37. The van der Waals surface area contributed by atoms with Gasteiger partial charge in [-0.05, 0) is 49.1 Å². The van der Waals surface area contributed by atoms with Gasteiger partial charge in [-0.15, -0.1) is 0 Å². The van der Waals surface area contributed by atoms with Gasteiger partial charge < -0.3 is 9.80 Å². The Balaban J connectivity index is 1.29. The second-order valence-electron chi connectivity index (χ2n) is 8.52. The molecule has 0 N–H and O–H groups in total. The van der Waals surface area contributed by atoms with E-state index in [1.165, 1.54) is 18.6 Å². The smallest absolute Gasteiger partial charge is 0.269 e. The largest absolute Gasteiger partial charge is 0.302 e. The highest BCUT2D eigenvalue weighted by Crippen LogP contribution is 2.29. The summed E-state index contributed by atoms with van der Waals surface area (Å²) in [5.74, 6) is 1.23. The summed E-state index contributed by atoms with van der Waals surface area (Å²) in [4.78, 5) is 15.3. The first-order chi connectivity index (χ1) is 15.7. The SMILES string of the molecule is [3H]c1cc(CCN2CC3CC(C2)CN(CCc2cc([3H])c([N+](=O)[O-])c([3H])c2)C3)cc([3H])c1C. The molecule has 0 aromatic heterocycles. The average Bonchev–Trinajstić information content (AvgIpc) is 2.73. The second-order valence-corrected chi connectivity index (χ2v) is 8.52. The molecular weight excluding hydrogens is 362 g/mol. The highest BCUT2D eigenvalue weighted by Gasteiger charge is 2.33. The van der Waals surface area contributed by atoms with Crippen LogP contribution in [0.25, 0.3) is 0 Å². The number of fused-ring (bicyclic) bond motifs is 2. The van der Waals surface area contributed by atoms with Gasteiger partial charge in [0.1, 0.15) is 0 Å². The van der Waals surface area contributed by atoms with Gasteiger partial charge in [0.15, 0.2) is 0 Å². The van der Waals surface area contributed by atoms with Crippen molar-refractivity contribution in [1.82, 2.24) is 9.80 Å². The molecule has 5 heteroatoms. The minimum atomic E-state index is -0.650. The highest BCUT2D eigenvalue weighted by atomic mass is 16.6. The Kier molecular flexibility index (Phi) is 4.87. The van der Waals surface area contributed by atoms with Crippen LogP contribution in [-0.2, 0) is 12.8 Å². The molecular formula is C24H31N3O2. The average molecular weight is 402 g/mol. The van der Waals surface area contributed by atoms with Gasteiger partial charge in [-0.3, -0.25) is 10.1 Å². The van der Waals surface area contributed by atoms with E-state index in [0.717, 1.165) is 62.4 Å². The molecule has 0 saturated carbocycles. The van der Waals surface area contributed by atoms with Crippen LogP contribution in [0.3, 0.4) is 0 Å². The summed E-state index contributed by atoms with van der Waals surface area (Å²) in [6.07, 6.45) is 2.81. The highest BCUT2D eigenvalue weighted by molar-refractivity contribution is 5.33. The molecule has 2 aliphatic rings. The normalized spacial score (nSPS) is 24.4. The fourth-order valence-corrected chi connectivity index (χ4v) is 4.72. The van der Waals surface area contributed by atoms with E-state index in [1.54, 1.807) is 0 Å². The molecule has 2 fully saturated rings. The van der Waals surface area contributed by atoms with E-state index < -0.39 is 10.6 Å². The first-order valence-electron chi connectivity index (χ1n) is 12.5. The second kappa shape index (κ2) is 9.06. The zero-order chi connectivity index (χ0) is 23.7. The van der Waals surface area contributed by atoms with Crippen LogP contribution in [0.4, 0.5) is 5.69 Å². The van der Waals surface area contributed by atoms with Crippen molar-refractivity contribution in [3.8, 4) is 0 Å². The Morgan fingerprint density at radius 2 is 1.38 bits per heavy atom. The van der Waals surface area contributed by atoms with E-state index in [4.69, 9.17) is 5.48 Å². The number of hydrogen-bond donors (Lipinski definition) is 0. The lowest BCUT2D eigenvalue weighted by atomic mass is 9.84. The van der Waals surface area contributed by atoms with Crippen molar-refractivity contribution in [1.29, 1.82) is 0 Å². The third-order valence-corrected chi connectivity index (χ3v) is 6.08.